The zero-order valence-corrected chi connectivity index (χ0v) is 15.6. The summed E-state index contributed by atoms with van der Waals surface area (Å²) in [5, 5.41) is 21.3. The second-order valence-electron chi connectivity index (χ2n) is 5.61. The number of para-hydroxylation sites is 1. The van der Waals surface area contributed by atoms with Crippen molar-refractivity contribution in [2.24, 2.45) is 0 Å². The number of aliphatic carboxylic acids is 1. The number of aldehydes is 1. The molecule has 1 heterocycles. The largest absolute Gasteiger partial charge is 0.505 e. The lowest BCUT2D eigenvalue weighted by atomic mass is 10.1. The van der Waals surface area contributed by atoms with Gasteiger partial charge >= 0.3 is 13.7 Å². The van der Waals surface area contributed by atoms with E-state index in [1.807, 2.05) is 0 Å². The molecule has 0 saturated carbocycles. The molecule has 0 radical (unpaired) electrons. The van der Waals surface area contributed by atoms with Crippen molar-refractivity contribution in [3.05, 3.63) is 53.3 Å². The van der Waals surface area contributed by atoms with Crippen LogP contribution in [0, 0.1) is 6.92 Å². The Morgan fingerprint density at radius 2 is 2.04 bits per heavy atom. The second kappa shape index (κ2) is 8.77. The normalized spacial score (nSPS) is 14.1. The zero-order chi connectivity index (χ0) is 20.0. The first-order valence-electron chi connectivity index (χ1n) is 7.88. The van der Waals surface area contributed by atoms with E-state index in [0.717, 1.165) is 0 Å². The third kappa shape index (κ3) is 5.37. The number of carboxylic acids is 1. The Morgan fingerprint density at radius 3 is 2.63 bits per heavy atom. The van der Waals surface area contributed by atoms with E-state index in [1.165, 1.54) is 32.2 Å². The highest BCUT2D eigenvalue weighted by molar-refractivity contribution is 7.52. The van der Waals surface area contributed by atoms with Crippen LogP contribution >= 0.6 is 7.75 Å². The predicted octanol–water partition coefficient (Wildman–Crippen LogP) is 2.67. The Labute approximate surface area is 155 Å². The predicted molar refractivity (Wildman–Crippen MR) is 95.7 cm³/mol. The fourth-order valence-corrected chi connectivity index (χ4v) is 3.53. The Morgan fingerprint density at radius 1 is 1.37 bits per heavy atom. The van der Waals surface area contributed by atoms with Crippen molar-refractivity contribution in [1.29, 1.82) is 0 Å². The van der Waals surface area contributed by atoms with Crippen LogP contribution in [0.25, 0.3) is 0 Å². The van der Waals surface area contributed by atoms with Crippen LogP contribution in [0.4, 0.5) is 0 Å². The highest BCUT2D eigenvalue weighted by Gasteiger charge is 2.32. The van der Waals surface area contributed by atoms with E-state index in [0.29, 0.717) is 6.29 Å². The number of hydrogen-bond acceptors (Lipinski definition) is 7. The number of carbonyl (C=O) groups excluding carboxylic acids is 1. The summed E-state index contributed by atoms with van der Waals surface area (Å²) >= 11 is 0. The van der Waals surface area contributed by atoms with Gasteiger partial charge in [0.05, 0.1) is 17.9 Å². The average molecular weight is 394 g/mol. The molecule has 3 N–H and O–H groups in total. The number of hydrogen-bond donors (Lipinski definition) is 3. The van der Waals surface area contributed by atoms with Crippen LogP contribution in [0.3, 0.4) is 0 Å². The van der Waals surface area contributed by atoms with Gasteiger partial charge in [-0.3, -0.25) is 19.1 Å². The molecule has 1 aromatic carbocycles. The van der Waals surface area contributed by atoms with Crippen molar-refractivity contribution in [2.45, 2.75) is 26.5 Å². The number of benzene rings is 1. The molecule has 0 aliphatic carbocycles. The number of nitrogens with zero attached hydrogens (tertiary/aromatic N) is 1. The van der Waals surface area contributed by atoms with Gasteiger partial charge < -0.3 is 14.7 Å². The number of rotatable bonds is 9. The molecule has 27 heavy (non-hydrogen) atoms. The lowest BCUT2D eigenvalue weighted by Gasteiger charge is -2.22. The Bertz CT molecular complexity index is 873. The van der Waals surface area contributed by atoms with E-state index in [2.05, 4.69) is 10.1 Å². The summed E-state index contributed by atoms with van der Waals surface area (Å²) in [6.07, 6.45) is 1.73. The number of aromatic nitrogens is 1. The summed E-state index contributed by atoms with van der Waals surface area (Å²) in [6.45, 7) is 2.40. The van der Waals surface area contributed by atoms with Crippen LogP contribution in [-0.2, 0) is 20.5 Å². The van der Waals surface area contributed by atoms with Gasteiger partial charge in [0.25, 0.3) is 0 Å². The summed E-state index contributed by atoms with van der Waals surface area (Å²) in [5.74, 6) is -1.36. The van der Waals surface area contributed by atoms with Crippen molar-refractivity contribution >= 4 is 20.0 Å². The molecular formula is C17H19N2O7P. The molecule has 0 fully saturated rings. The van der Waals surface area contributed by atoms with E-state index in [-0.39, 0.29) is 28.3 Å². The van der Waals surface area contributed by atoms with E-state index in [1.54, 1.807) is 18.2 Å². The van der Waals surface area contributed by atoms with Crippen LogP contribution in [0.1, 0.15) is 28.5 Å². The maximum Gasteiger partial charge on any atom is 0.459 e. The van der Waals surface area contributed by atoms with Crippen molar-refractivity contribution in [3.8, 4) is 11.5 Å². The topological polar surface area (TPSA) is 135 Å². The van der Waals surface area contributed by atoms with Crippen LogP contribution < -0.4 is 9.61 Å². The minimum atomic E-state index is -4.13. The number of carboxylic acid groups (broad SMARTS) is 1. The molecular weight excluding hydrogens is 375 g/mol. The number of pyridine rings is 1. The summed E-state index contributed by atoms with van der Waals surface area (Å²) in [4.78, 5) is 26.3. The van der Waals surface area contributed by atoms with Crippen molar-refractivity contribution < 1.29 is 33.4 Å². The highest BCUT2D eigenvalue weighted by atomic mass is 31.2. The van der Waals surface area contributed by atoms with Crippen molar-refractivity contribution in [2.75, 3.05) is 0 Å². The minimum absolute atomic E-state index is 0.0555. The van der Waals surface area contributed by atoms with Gasteiger partial charge in [-0.2, -0.15) is 5.09 Å². The molecule has 0 aliphatic rings. The first kappa shape index (κ1) is 20.6. The van der Waals surface area contributed by atoms with Gasteiger partial charge in [0.1, 0.15) is 17.5 Å². The maximum atomic E-state index is 13.0. The van der Waals surface area contributed by atoms with Gasteiger partial charge in [-0.15, -0.1) is 0 Å². The summed E-state index contributed by atoms with van der Waals surface area (Å²) in [5.41, 5.74) is 0.372. The SMILES string of the molecule is Cc1ncc(COP(=O)(N[C@@H](C)C(=O)O)Oc2ccccc2)c(C=O)c1O. The molecule has 0 spiro atoms. The standard InChI is InChI=1S/C17H19N2O7P/c1-11-16(21)15(9-20)13(8-18-11)10-25-27(24,19-12(2)17(22)23)26-14-6-4-3-5-7-14/h3-9,12,21H,10H2,1-2H3,(H,19,24)(H,22,23)/t12-,27?/m0/s1. The Balaban J connectivity index is 2.27. The third-order valence-electron chi connectivity index (χ3n) is 3.56. The lowest BCUT2D eigenvalue weighted by molar-refractivity contribution is -0.138. The zero-order valence-electron chi connectivity index (χ0n) is 14.7. The monoisotopic (exact) mass is 394 g/mol. The first-order chi connectivity index (χ1) is 12.8. The third-order valence-corrected chi connectivity index (χ3v) is 5.18. The molecule has 0 aliphatic heterocycles. The molecule has 9 nitrogen and oxygen atoms in total. The van der Waals surface area contributed by atoms with Crippen LogP contribution in [0.15, 0.2) is 36.5 Å². The fourth-order valence-electron chi connectivity index (χ4n) is 2.06. The van der Waals surface area contributed by atoms with Crippen molar-refractivity contribution in [3.63, 3.8) is 0 Å². The van der Waals surface area contributed by atoms with Gasteiger partial charge in [0.2, 0.25) is 0 Å². The molecule has 2 aromatic rings. The molecule has 0 amide bonds. The first-order valence-corrected chi connectivity index (χ1v) is 9.42. The number of aryl methyl sites for hydroxylation is 1. The van der Waals surface area contributed by atoms with E-state index in [4.69, 9.17) is 14.2 Å². The fraction of sp³-hybridized carbons (Fsp3) is 0.235. The van der Waals surface area contributed by atoms with Gasteiger partial charge in [0, 0.05) is 11.8 Å². The Kier molecular flexibility index (Phi) is 6.68. The summed E-state index contributed by atoms with van der Waals surface area (Å²) < 4.78 is 23.7. The molecule has 1 unspecified atom stereocenters. The summed E-state index contributed by atoms with van der Waals surface area (Å²) in [6, 6.07) is 6.84. The number of aromatic hydroxyl groups is 1. The Hall–Kier alpha value is -2.74. The molecule has 2 rings (SSSR count). The van der Waals surface area contributed by atoms with Gasteiger partial charge in [0.15, 0.2) is 6.29 Å². The maximum absolute atomic E-state index is 13.0. The average Bonchev–Trinajstić information content (AvgIpc) is 2.63. The van der Waals surface area contributed by atoms with E-state index < -0.39 is 26.4 Å². The van der Waals surface area contributed by atoms with Crippen LogP contribution in [0.2, 0.25) is 0 Å². The van der Waals surface area contributed by atoms with E-state index in [9.17, 15) is 19.3 Å². The highest BCUT2D eigenvalue weighted by Crippen LogP contribution is 2.46. The lowest BCUT2D eigenvalue weighted by Crippen LogP contribution is -2.33. The minimum Gasteiger partial charge on any atom is -0.505 e. The molecule has 1 aromatic heterocycles. The molecule has 2 atom stereocenters. The van der Waals surface area contributed by atoms with Gasteiger partial charge in [-0.1, -0.05) is 18.2 Å². The second-order valence-corrected chi connectivity index (χ2v) is 7.31. The van der Waals surface area contributed by atoms with E-state index >= 15 is 0 Å². The smallest absolute Gasteiger partial charge is 0.459 e. The molecule has 0 bridgehead atoms. The van der Waals surface area contributed by atoms with Gasteiger partial charge in [-0.05, 0) is 26.0 Å². The number of carbonyl (C=O) groups is 2. The molecule has 0 saturated heterocycles. The molecule has 10 heteroatoms. The number of nitrogens with one attached hydrogen (secondary N) is 1. The van der Waals surface area contributed by atoms with Crippen LogP contribution in [0.5, 0.6) is 11.5 Å². The van der Waals surface area contributed by atoms with Crippen molar-refractivity contribution in [1.82, 2.24) is 10.1 Å². The molecule has 144 valence electrons. The van der Waals surface area contributed by atoms with Crippen LogP contribution in [-0.4, -0.2) is 33.5 Å². The summed E-state index contributed by atoms with van der Waals surface area (Å²) in [7, 11) is -4.13. The van der Waals surface area contributed by atoms with Gasteiger partial charge in [-0.25, -0.2) is 4.57 Å². The quantitative estimate of drug-likeness (QED) is 0.433.